The SMILES string of the molecule is CCCCC/C=C\C\C=C/C=C/C=C/[C@@H](SC[C@H](N)C(=O)O[C@H](COC(=O)CCCCCCCCCC(C)C)COP(=O)(O)OP(=O)(O)OC[C@H]1O[C@@H](n2ccc(N)nc2=O)[C@H](O)[C@@H]1O)[C@@H](O)CCCC(=O)O. The smallest absolute Gasteiger partial charge is 0.481 e. The van der Waals surface area contributed by atoms with Crippen molar-refractivity contribution >= 4 is 51.1 Å². The van der Waals surface area contributed by atoms with Crippen LogP contribution in [-0.4, -0.2) is 125 Å². The fraction of sp³-hybridized carbons (Fsp3) is 0.688. The summed E-state index contributed by atoms with van der Waals surface area (Å²) in [7, 11) is -11.1. The number of carbonyl (C=O) groups excluding carboxylic acids is 2. The molecule has 0 spiro atoms. The Morgan fingerprint density at radius 3 is 2.25 bits per heavy atom. The second-order valence-electron chi connectivity index (χ2n) is 18.0. The molecule has 10 N–H and O–H groups in total. The van der Waals surface area contributed by atoms with Crippen molar-refractivity contribution in [3.63, 3.8) is 0 Å². The summed E-state index contributed by atoms with van der Waals surface area (Å²) in [5.74, 6) is -2.37. The van der Waals surface area contributed by atoms with Gasteiger partial charge < -0.3 is 55.9 Å². The lowest BCUT2D eigenvalue weighted by atomic mass is 10.0. The molecule has 1 aromatic heterocycles. The highest BCUT2D eigenvalue weighted by molar-refractivity contribution is 8.00. The van der Waals surface area contributed by atoms with E-state index < -0.39 is 107 Å². The van der Waals surface area contributed by atoms with Crippen LogP contribution >= 0.6 is 27.4 Å². The number of aromatic nitrogens is 2. The molecule has 0 bridgehead atoms. The van der Waals surface area contributed by atoms with Crippen LogP contribution < -0.4 is 17.2 Å². The van der Waals surface area contributed by atoms with Crippen LogP contribution in [0, 0.1) is 5.92 Å². The van der Waals surface area contributed by atoms with E-state index in [0.717, 1.165) is 80.3 Å². The number of aliphatic hydroxyl groups excluding tert-OH is 3. The van der Waals surface area contributed by atoms with Crippen molar-refractivity contribution in [1.82, 2.24) is 9.55 Å². The van der Waals surface area contributed by atoms with Crippen LogP contribution in [0.15, 0.2) is 65.7 Å². The van der Waals surface area contributed by atoms with Gasteiger partial charge in [0.25, 0.3) is 0 Å². The van der Waals surface area contributed by atoms with Crippen LogP contribution in [0.25, 0.3) is 0 Å². The molecule has 2 unspecified atom stereocenters. The van der Waals surface area contributed by atoms with Crippen LogP contribution in [0.2, 0.25) is 0 Å². The molecule has 10 atom stereocenters. The third-order valence-corrected chi connectivity index (χ3v) is 15.1. The maximum absolute atomic E-state index is 13.4. The highest BCUT2D eigenvalue weighted by atomic mass is 32.2. The Morgan fingerprint density at radius 2 is 1.56 bits per heavy atom. The number of nitrogens with zero attached hydrogens (tertiary/aromatic N) is 2. The molecule has 0 aromatic carbocycles. The molecular weight excluding hydrogens is 1010 g/mol. The standard InChI is InChI=1S/C48H80N4O18P2S/c1-4-5-6-7-8-9-10-11-12-15-18-21-26-40(38(53)25-23-27-42(54)55)73-34-37(49)47(59)68-36(31-65-43(56)28-22-19-16-13-14-17-20-24-35(2)3)32-66-71(61,62)70-72(63,64)67-33-39-44(57)45(58)46(69-39)52-30-29-41(50)51-48(52)60/h8-9,11-12,15,18,21,26,29-30,35-40,44-46,53,57-58H,4-7,10,13-14,16-17,19-20,22-25,27-28,31-34,49H2,1-3H3,(H,54,55)(H,61,62)(H,63,64)(H2,50,51,60)/b9-8-,12-11-,18-15+,26-21+/t36-,37+,38+,39-,40-,44-,45-,46-/m1/s1. The van der Waals surface area contributed by atoms with E-state index in [2.05, 4.69) is 42.2 Å². The van der Waals surface area contributed by atoms with Crippen molar-refractivity contribution in [2.45, 2.75) is 178 Å². The first-order valence-electron chi connectivity index (χ1n) is 24.9. The van der Waals surface area contributed by atoms with E-state index in [1.165, 1.54) is 25.3 Å². The van der Waals surface area contributed by atoms with Crippen LogP contribution in [0.4, 0.5) is 5.82 Å². The predicted octanol–water partition coefficient (Wildman–Crippen LogP) is 6.56. The number of thioether (sulfide) groups is 1. The number of phosphoric acid groups is 2. The van der Waals surface area contributed by atoms with Gasteiger partial charge in [0, 0.05) is 30.0 Å². The summed E-state index contributed by atoms with van der Waals surface area (Å²) >= 11 is 1.08. The largest absolute Gasteiger partial charge is 0.481 e. The summed E-state index contributed by atoms with van der Waals surface area (Å²) in [6, 6.07) is -0.162. The Kier molecular flexibility index (Phi) is 32.7. The van der Waals surface area contributed by atoms with Gasteiger partial charge in [-0.25, -0.2) is 13.9 Å². The summed E-state index contributed by atoms with van der Waals surface area (Å²) in [6.07, 6.45) is 20.2. The first-order valence-corrected chi connectivity index (χ1v) is 29.0. The molecule has 2 rings (SSSR count). The van der Waals surface area contributed by atoms with Gasteiger partial charge in [0.15, 0.2) is 12.3 Å². The highest BCUT2D eigenvalue weighted by Gasteiger charge is 2.46. The van der Waals surface area contributed by atoms with Gasteiger partial charge in [-0.1, -0.05) is 127 Å². The molecule has 0 aliphatic carbocycles. The third-order valence-electron chi connectivity index (χ3n) is 11.1. The Hall–Kier alpha value is -3.54. The zero-order valence-electron chi connectivity index (χ0n) is 42.3. The lowest BCUT2D eigenvalue weighted by Gasteiger charge is -2.23. The third kappa shape index (κ3) is 29.4. The molecule has 1 aliphatic heterocycles. The van der Waals surface area contributed by atoms with E-state index >= 15 is 0 Å². The summed E-state index contributed by atoms with van der Waals surface area (Å²) in [6.45, 7) is 3.80. The van der Waals surface area contributed by atoms with Crippen LogP contribution in [0.1, 0.15) is 136 Å². The average molecular weight is 1100 g/mol. The molecule has 1 fully saturated rings. The molecule has 0 saturated carbocycles. The predicted molar refractivity (Wildman–Crippen MR) is 276 cm³/mol. The van der Waals surface area contributed by atoms with Crippen molar-refractivity contribution in [1.29, 1.82) is 0 Å². The van der Waals surface area contributed by atoms with Crippen LogP contribution in [-0.2, 0) is 51.1 Å². The molecule has 0 radical (unpaired) electrons. The second kappa shape index (κ2) is 36.4. The number of phosphoric ester groups is 2. The second-order valence-corrected chi connectivity index (χ2v) is 22.3. The Bertz CT molecular complexity index is 2060. The fourth-order valence-corrected chi connectivity index (χ4v) is 10.3. The number of carboxylic acids is 1. The van der Waals surface area contributed by atoms with Crippen LogP contribution in [0.5, 0.6) is 0 Å². The number of ether oxygens (including phenoxy) is 3. The monoisotopic (exact) mass is 1090 g/mol. The molecule has 2 heterocycles. The summed E-state index contributed by atoms with van der Waals surface area (Å²) in [5.41, 5.74) is 10.8. The Morgan fingerprint density at radius 1 is 0.877 bits per heavy atom. The number of unbranched alkanes of at least 4 members (excludes halogenated alkanes) is 9. The van der Waals surface area contributed by atoms with Crippen molar-refractivity contribution in [3.05, 3.63) is 71.4 Å². The quantitative estimate of drug-likeness (QED) is 0.0113. The molecule has 1 saturated heterocycles. The van der Waals surface area contributed by atoms with Crippen LogP contribution in [0.3, 0.4) is 0 Å². The molecule has 1 aromatic rings. The van der Waals surface area contributed by atoms with Gasteiger partial charge in [-0.05, 0) is 50.5 Å². The number of hydrogen-bond donors (Lipinski definition) is 8. The number of rotatable bonds is 40. The number of aliphatic carboxylic acids is 1. The van der Waals surface area contributed by atoms with E-state index in [9.17, 15) is 53.4 Å². The zero-order chi connectivity index (χ0) is 54.2. The van der Waals surface area contributed by atoms with Crippen molar-refractivity contribution < 1.29 is 81.3 Å². The lowest BCUT2D eigenvalue weighted by molar-refractivity contribution is -0.161. The van der Waals surface area contributed by atoms with Gasteiger partial charge in [0.1, 0.15) is 36.8 Å². The normalized spacial score (nSPS) is 20.7. The zero-order valence-corrected chi connectivity index (χ0v) is 44.9. The topological polar surface area (TPSA) is 349 Å². The number of aliphatic hydroxyl groups is 3. The summed E-state index contributed by atoms with van der Waals surface area (Å²) in [4.78, 5) is 73.8. The number of esters is 2. The summed E-state index contributed by atoms with van der Waals surface area (Å²) < 4.78 is 56.9. The van der Waals surface area contributed by atoms with Crippen molar-refractivity contribution in [2.24, 2.45) is 11.7 Å². The summed E-state index contributed by atoms with van der Waals surface area (Å²) in [5, 5.41) is 40.4. The number of nitrogens with two attached hydrogens (primary N) is 2. The molecule has 1 aliphatic rings. The van der Waals surface area contributed by atoms with E-state index in [1.807, 2.05) is 18.2 Å². The van der Waals surface area contributed by atoms with Gasteiger partial charge in [0.05, 0.1) is 19.3 Å². The number of carbonyl (C=O) groups is 3. The number of nitrogen functional groups attached to an aromatic ring is 1. The van der Waals surface area contributed by atoms with Gasteiger partial charge in [-0.3, -0.25) is 28.0 Å². The highest BCUT2D eigenvalue weighted by Crippen LogP contribution is 2.60. The molecule has 73 heavy (non-hydrogen) atoms. The van der Waals surface area contributed by atoms with E-state index in [1.54, 1.807) is 18.2 Å². The Labute approximate surface area is 432 Å². The van der Waals surface area contributed by atoms with Gasteiger partial charge in [0.2, 0.25) is 0 Å². The van der Waals surface area contributed by atoms with Gasteiger partial charge >= 0.3 is 39.2 Å². The number of hydrogen-bond acceptors (Lipinski definition) is 19. The maximum Gasteiger partial charge on any atom is 0.481 e. The van der Waals surface area contributed by atoms with E-state index in [-0.39, 0.29) is 37.3 Å². The molecule has 25 heteroatoms. The minimum Gasteiger partial charge on any atom is -0.481 e. The van der Waals surface area contributed by atoms with E-state index in [0.29, 0.717) is 12.3 Å². The number of carboxylic acid groups (broad SMARTS) is 1. The van der Waals surface area contributed by atoms with E-state index in [4.69, 9.17) is 39.8 Å². The number of allylic oxidation sites excluding steroid dienone is 7. The molecule has 0 amide bonds. The molecular formula is C48H80N4O18P2S. The fourth-order valence-electron chi connectivity index (χ4n) is 7.04. The molecule has 416 valence electrons. The maximum atomic E-state index is 13.4. The minimum absolute atomic E-state index is 0.0220. The van der Waals surface area contributed by atoms with Gasteiger partial charge in [-0.2, -0.15) is 9.29 Å². The molecule has 22 nitrogen and oxygen atoms in total. The lowest BCUT2D eigenvalue weighted by Crippen LogP contribution is -2.40. The van der Waals surface area contributed by atoms with Gasteiger partial charge in [-0.15, -0.1) is 11.8 Å². The first kappa shape index (κ1) is 65.6. The number of anilines is 1. The first-order chi connectivity index (χ1) is 34.6. The van der Waals surface area contributed by atoms with Crippen molar-refractivity contribution in [3.8, 4) is 0 Å². The Balaban J connectivity index is 2.09. The minimum atomic E-state index is -5.57. The van der Waals surface area contributed by atoms with Crippen molar-refractivity contribution in [2.75, 3.05) is 31.3 Å². The average Bonchev–Trinajstić information content (AvgIpc) is 3.60.